The van der Waals surface area contributed by atoms with Crippen LogP contribution >= 0.6 is 0 Å². The summed E-state index contributed by atoms with van der Waals surface area (Å²) in [5, 5.41) is 185. The molecule has 0 spiro atoms. The Kier molecular flexibility index (Phi) is 42.5. The number of carbonyl (C=O) groups excluding carboxylic acids is 3. The van der Waals surface area contributed by atoms with Crippen molar-refractivity contribution in [3.63, 3.8) is 0 Å². The van der Waals surface area contributed by atoms with E-state index in [1.165, 1.54) is 109 Å². The number of unbranched alkanes of at least 4 members (excludes halogenated alkanes) is 25. The summed E-state index contributed by atoms with van der Waals surface area (Å²) < 4.78 is 46.4. The van der Waals surface area contributed by atoms with E-state index in [1.807, 2.05) is 6.08 Å². The molecule has 594 valence electrons. The Morgan fingerprint density at radius 3 is 1.44 bits per heavy atom. The SMILES string of the molecule is CCCCCCCCCCCCC/C=C/[C@@H](O)[C@H](CO[C@@H]1O[C@@H](CO)[C@@H](O[C@@H]2OC(CO)[C@@H](O)[C@H](O[C@]3(C(=O)O)CC(O)[C@@H](NC(C)=O)C([C@@H](O)[C@H](CO)O[C@]4(C(=O)O)CC(O)[C@@H](NC(C)=O)C([C@@H](O)[C@H](O)CO)O4)O3)C2O)C(O)C1O)NC(=O)CCCCCCCCCCCCCCCCC. The molecule has 0 aliphatic carbocycles. The summed E-state index contributed by atoms with van der Waals surface area (Å²) >= 11 is 0. The minimum Gasteiger partial charge on any atom is -0.477 e. The van der Waals surface area contributed by atoms with Gasteiger partial charge < -0.3 is 136 Å². The van der Waals surface area contributed by atoms with Crippen LogP contribution in [0, 0.1) is 0 Å². The molecule has 0 aromatic rings. The molecule has 32 heteroatoms. The van der Waals surface area contributed by atoms with Crippen molar-refractivity contribution in [3.8, 4) is 0 Å². The van der Waals surface area contributed by atoms with E-state index >= 15 is 0 Å². The Morgan fingerprint density at radius 1 is 0.529 bits per heavy atom. The topological polar surface area (TPSA) is 519 Å². The Morgan fingerprint density at radius 2 is 0.980 bits per heavy atom. The molecule has 24 atom stereocenters. The number of aliphatic carboxylic acids is 2. The van der Waals surface area contributed by atoms with Gasteiger partial charge in [0.15, 0.2) is 12.6 Å². The third-order valence-corrected chi connectivity index (χ3v) is 19.5. The number of amides is 3. The maximum Gasteiger partial charge on any atom is 0.364 e. The lowest BCUT2D eigenvalue weighted by Gasteiger charge is -2.51. The predicted molar refractivity (Wildman–Crippen MR) is 363 cm³/mol. The van der Waals surface area contributed by atoms with Gasteiger partial charge in [-0.05, 0) is 19.3 Å². The second kappa shape index (κ2) is 47.8. The van der Waals surface area contributed by atoms with Crippen molar-refractivity contribution in [2.75, 3.05) is 33.0 Å². The van der Waals surface area contributed by atoms with Gasteiger partial charge in [-0.1, -0.05) is 180 Å². The van der Waals surface area contributed by atoms with E-state index in [0.29, 0.717) is 12.8 Å². The Bertz CT molecular complexity index is 2410. The zero-order chi connectivity index (χ0) is 75.5. The molecule has 8 unspecified atom stereocenters. The van der Waals surface area contributed by atoms with Gasteiger partial charge in [0.05, 0.1) is 69.5 Å². The van der Waals surface area contributed by atoms with Crippen molar-refractivity contribution >= 4 is 29.7 Å². The van der Waals surface area contributed by atoms with Crippen LogP contribution in [0.3, 0.4) is 0 Å². The van der Waals surface area contributed by atoms with Crippen LogP contribution in [0.1, 0.15) is 220 Å². The molecule has 0 aromatic heterocycles. The van der Waals surface area contributed by atoms with E-state index in [-0.39, 0.29) is 12.3 Å². The number of ether oxygens (including phenoxy) is 8. The Labute approximate surface area is 598 Å². The van der Waals surface area contributed by atoms with E-state index in [2.05, 4.69) is 29.8 Å². The summed E-state index contributed by atoms with van der Waals surface area (Å²) in [6, 6.07) is -4.73. The van der Waals surface area contributed by atoms with Gasteiger partial charge in [0, 0.05) is 33.1 Å². The largest absolute Gasteiger partial charge is 0.477 e. The molecule has 0 radical (unpaired) electrons. The van der Waals surface area contributed by atoms with E-state index in [4.69, 9.17) is 37.9 Å². The number of carboxylic acid groups (broad SMARTS) is 2. The fraction of sp³-hybridized carbons (Fsp3) is 0.900. The molecule has 0 aromatic carbocycles. The molecule has 4 heterocycles. The molecule has 4 rings (SSSR count). The number of allylic oxidation sites excluding steroid dienone is 1. The average molecular weight is 1470 g/mol. The Hall–Kier alpha value is -3.79. The first kappa shape index (κ1) is 90.6. The summed E-state index contributed by atoms with van der Waals surface area (Å²) in [4.78, 5) is 64.9. The number of carbonyl (C=O) groups is 5. The lowest BCUT2D eigenvalue weighted by molar-refractivity contribution is -0.388. The van der Waals surface area contributed by atoms with Crippen molar-refractivity contribution < 1.29 is 144 Å². The highest BCUT2D eigenvalue weighted by Crippen LogP contribution is 2.41. The molecule has 0 bridgehead atoms. The van der Waals surface area contributed by atoms with Gasteiger partial charge >= 0.3 is 11.9 Å². The molecule has 102 heavy (non-hydrogen) atoms. The highest BCUT2D eigenvalue weighted by molar-refractivity contribution is 5.78. The number of rotatable bonds is 52. The zero-order valence-corrected chi connectivity index (χ0v) is 60.1. The number of aliphatic hydroxyl groups is 14. The van der Waals surface area contributed by atoms with Crippen LogP contribution in [-0.4, -0.2) is 290 Å². The van der Waals surface area contributed by atoms with Crippen molar-refractivity contribution in [2.45, 2.75) is 366 Å². The van der Waals surface area contributed by atoms with Crippen LogP contribution in [0.25, 0.3) is 0 Å². The molecule has 4 aliphatic heterocycles. The molecule has 4 aliphatic rings. The number of aliphatic hydroxyl groups excluding tert-OH is 14. The maximum absolute atomic E-state index is 13.6. The fourth-order valence-electron chi connectivity index (χ4n) is 13.5. The van der Waals surface area contributed by atoms with Crippen LogP contribution < -0.4 is 16.0 Å². The van der Waals surface area contributed by atoms with Gasteiger partial charge in [0.25, 0.3) is 11.6 Å². The lowest BCUT2D eigenvalue weighted by atomic mass is 9.87. The van der Waals surface area contributed by atoms with Crippen LogP contribution in [-0.2, 0) is 61.9 Å². The van der Waals surface area contributed by atoms with Crippen LogP contribution in [0.2, 0.25) is 0 Å². The zero-order valence-electron chi connectivity index (χ0n) is 60.1. The van der Waals surface area contributed by atoms with Gasteiger partial charge in [-0.2, -0.15) is 0 Å². The molecular formula is C70H125N3O29. The summed E-state index contributed by atoms with van der Waals surface area (Å²) in [6.07, 6.45) is -8.38. The third-order valence-electron chi connectivity index (χ3n) is 19.5. The number of hydrogen-bond donors (Lipinski definition) is 19. The number of carboxylic acids is 2. The van der Waals surface area contributed by atoms with E-state index in [1.54, 1.807) is 6.08 Å². The van der Waals surface area contributed by atoms with E-state index < -0.39 is 216 Å². The van der Waals surface area contributed by atoms with Crippen LogP contribution in [0.4, 0.5) is 0 Å². The van der Waals surface area contributed by atoms with Crippen molar-refractivity contribution in [2.24, 2.45) is 0 Å². The maximum atomic E-state index is 13.6. The molecule has 32 nitrogen and oxygen atoms in total. The summed E-state index contributed by atoms with van der Waals surface area (Å²) in [7, 11) is 0. The van der Waals surface area contributed by atoms with Gasteiger partial charge in [0.2, 0.25) is 17.7 Å². The van der Waals surface area contributed by atoms with Gasteiger partial charge in [-0.25, -0.2) is 9.59 Å². The lowest BCUT2D eigenvalue weighted by Crippen LogP contribution is -2.72. The third kappa shape index (κ3) is 28.4. The Balaban J connectivity index is 1.50. The summed E-state index contributed by atoms with van der Waals surface area (Å²) in [5.74, 6) is -13.1. The number of nitrogens with one attached hydrogen (secondary N) is 3. The first-order chi connectivity index (χ1) is 48.7. The molecule has 0 saturated carbocycles. The van der Waals surface area contributed by atoms with E-state index in [0.717, 1.165) is 65.2 Å². The second-order valence-corrected chi connectivity index (χ2v) is 27.9. The van der Waals surface area contributed by atoms with Crippen molar-refractivity contribution in [3.05, 3.63) is 12.2 Å². The molecule has 19 N–H and O–H groups in total. The predicted octanol–water partition coefficient (Wildman–Crippen LogP) is 0.339. The average Bonchev–Trinajstić information content (AvgIpc) is 0.761. The first-order valence-corrected chi connectivity index (χ1v) is 37.2. The quantitative estimate of drug-likeness (QED) is 0.0288. The van der Waals surface area contributed by atoms with Crippen molar-refractivity contribution in [1.82, 2.24) is 16.0 Å². The van der Waals surface area contributed by atoms with Gasteiger partial charge in [0.1, 0.15) is 85.5 Å². The fourth-order valence-corrected chi connectivity index (χ4v) is 13.5. The minimum atomic E-state index is -3.39. The smallest absolute Gasteiger partial charge is 0.364 e. The summed E-state index contributed by atoms with van der Waals surface area (Å²) in [6.45, 7) is 1.10. The highest BCUT2D eigenvalue weighted by Gasteiger charge is 2.62. The second-order valence-electron chi connectivity index (χ2n) is 27.9. The monoisotopic (exact) mass is 1470 g/mol. The van der Waals surface area contributed by atoms with Crippen LogP contribution in [0.5, 0.6) is 0 Å². The highest BCUT2D eigenvalue weighted by atomic mass is 16.8. The normalized spacial score (nSPS) is 31.7. The van der Waals surface area contributed by atoms with Gasteiger partial charge in [-0.15, -0.1) is 0 Å². The first-order valence-electron chi connectivity index (χ1n) is 37.2. The van der Waals surface area contributed by atoms with Crippen LogP contribution in [0.15, 0.2) is 12.2 Å². The minimum absolute atomic E-state index is 0.155. The summed E-state index contributed by atoms with van der Waals surface area (Å²) in [5.41, 5.74) is 0. The van der Waals surface area contributed by atoms with Crippen molar-refractivity contribution in [1.29, 1.82) is 0 Å². The molecule has 3 amide bonds. The number of hydrogen-bond acceptors (Lipinski definition) is 27. The molecule has 4 saturated heterocycles. The standard InChI is InChI=1S/C70H125N3O29/c1-5-7-9-11-13-15-17-19-20-22-24-26-28-30-32-34-52(84)73-44(45(80)33-31-29-27-25-23-21-18-16-14-12-10-8-6-2)41-95-65-59(89)58(88)61(51(40-77)97-65)98-66-60(90)64(56(86)49(38-75)96-66)102-70(68(93)94)36-47(82)54(72-43(4)79)63(101-70)57(87)50(39-76)99-69(67(91)92)35-46(81)53(71-42(3)78)62(100-69)55(85)48(83)37-74/h31,33,44-51,53-66,74-77,80-83,85-90H,5-30,32,34-41H2,1-4H3,(H,71,78)(H,72,79)(H,73,84)(H,91,92)(H,93,94)/b33-31+/t44-,45+,46?,47?,48+,49?,50-,51-,53+,54+,55-,56+,57-,58?,59?,60?,61+,62?,63?,64-,65+,66-,69+,70-/m0/s1. The van der Waals surface area contributed by atoms with Gasteiger partial charge in [-0.3, -0.25) is 14.4 Å². The molecule has 4 fully saturated rings. The van der Waals surface area contributed by atoms with E-state index in [9.17, 15) is 106 Å². The molecular weight excluding hydrogens is 1350 g/mol.